The molecule has 6 nitrogen and oxygen atoms in total. The number of aliphatic imine (C=N–C) groups is 1. The minimum absolute atomic E-state index is 0.578. The lowest BCUT2D eigenvalue weighted by Crippen LogP contribution is -2.40. The van der Waals surface area contributed by atoms with Crippen molar-refractivity contribution in [2.75, 3.05) is 53.2 Å². The minimum Gasteiger partial charge on any atom is -0.491 e. The first-order chi connectivity index (χ1) is 12.7. The van der Waals surface area contributed by atoms with Crippen LogP contribution in [0.15, 0.2) is 23.2 Å². The Morgan fingerprint density at radius 3 is 2.65 bits per heavy atom. The SMILES string of the molecule is CN=C(NCCCOCC1CCOC1)NCCOc1c(C)cccc1C. The number of guanidine groups is 1. The molecule has 1 saturated heterocycles. The van der Waals surface area contributed by atoms with Crippen molar-refractivity contribution in [3.05, 3.63) is 29.3 Å². The van der Waals surface area contributed by atoms with E-state index < -0.39 is 0 Å². The van der Waals surface area contributed by atoms with Crippen molar-refractivity contribution in [3.63, 3.8) is 0 Å². The van der Waals surface area contributed by atoms with Crippen molar-refractivity contribution >= 4 is 5.96 Å². The normalized spacial score (nSPS) is 17.3. The van der Waals surface area contributed by atoms with Crippen LogP contribution in [0.25, 0.3) is 0 Å². The molecule has 1 aromatic rings. The molecule has 0 saturated carbocycles. The van der Waals surface area contributed by atoms with Crippen LogP contribution in [0.5, 0.6) is 5.75 Å². The molecule has 1 aliphatic heterocycles. The van der Waals surface area contributed by atoms with E-state index in [-0.39, 0.29) is 0 Å². The molecule has 1 aromatic carbocycles. The molecule has 2 N–H and O–H groups in total. The van der Waals surface area contributed by atoms with Crippen LogP contribution in [0.1, 0.15) is 24.0 Å². The summed E-state index contributed by atoms with van der Waals surface area (Å²) in [6, 6.07) is 6.18. The van der Waals surface area contributed by atoms with Gasteiger partial charge >= 0.3 is 0 Å². The molecule has 0 spiro atoms. The molecule has 0 aliphatic carbocycles. The second-order valence-electron chi connectivity index (χ2n) is 6.65. The molecular formula is C20H33N3O3. The van der Waals surface area contributed by atoms with Crippen molar-refractivity contribution in [1.82, 2.24) is 10.6 Å². The van der Waals surface area contributed by atoms with Gasteiger partial charge in [0.2, 0.25) is 0 Å². The van der Waals surface area contributed by atoms with Gasteiger partial charge in [-0.15, -0.1) is 0 Å². The molecule has 1 heterocycles. The van der Waals surface area contributed by atoms with Gasteiger partial charge in [-0.25, -0.2) is 0 Å². The average Bonchev–Trinajstić information content (AvgIpc) is 3.15. The fraction of sp³-hybridized carbons (Fsp3) is 0.650. The van der Waals surface area contributed by atoms with Crippen LogP contribution >= 0.6 is 0 Å². The fourth-order valence-corrected chi connectivity index (χ4v) is 2.92. The summed E-state index contributed by atoms with van der Waals surface area (Å²) in [6.07, 6.45) is 2.08. The fourth-order valence-electron chi connectivity index (χ4n) is 2.92. The Balaban J connectivity index is 1.52. The second kappa shape index (κ2) is 11.8. The number of aryl methyl sites for hydroxylation is 2. The van der Waals surface area contributed by atoms with Crippen molar-refractivity contribution < 1.29 is 14.2 Å². The summed E-state index contributed by atoms with van der Waals surface area (Å²) in [5.41, 5.74) is 2.33. The molecule has 1 aliphatic rings. The molecule has 1 fully saturated rings. The minimum atomic E-state index is 0.578. The standard InChI is InChI=1S/C20H33N3O3/c1-16-6-4-7-17(2)19(16)26-13-10-23-20(21-3)22-9-5-11-24-14-18-8-12-25-15-18/h4,6-7,18H,5,8-15H2,1-3H3,(H2,21,22,23). The van der Waals surface area contributed by atoms with Gasteiger partial charge < -0.3 is 24.8 Å². The van der Waals surface area contributed by atoms with Crippen LogP contribution in [0.2, 0.25) is 0 Å². The Hall–Kier alpha value is -1.79. The van der Waals surface area contributed by atoms with Crippen LogP contribution in [-0.4, -0.2) is 59.1 Å². The van der Waals surface area contributed by atoms with Gasteiger partial charge in [-0.1, -0.05) is 18.2 Å². The first-order valence-corrected chi connectivity index (χ1v) is 9.49. The highest BCUT2D eigenvalue weighted by Gasteiger charge is 2.15. The predicted molar refractivity (Wildman–Crippen MR) is 105 cm³/mol. The summed E-state index contributed by atoms with van der Waals surface area (Å²) >= 11 is 0. The van der Waals surface area contributed by atoms with E-state index in [9.17, 15) is 0 Å². The molecule has 1 atom stereocenters. The molecule has 0 bridgehead atoms. The quantitative estimate of drug-likeness (QED) is 0.379. The topological polar surface area (TPSA) is 64.1 Å². The lowest BCUT2D eigenvalue weighted by Gasteiger charge is -2.14. The number of hydrogen-bond acceptors (Lipinski definition) is 4. The third-order valence-corrected chi connectivity index (χ3v) is 4.41. The maximum atomic E-state index is 5.89. The molecule has 0 amide bonds. The number of nitrogens with zero attached hydrogens (tertiary/aromatic N) is 1. The van der Waals surface area contributed by atoms with Gasteiger partial charge in [-0.3, -0.25) is 4.99 Å². The molecule has 6 heteroatoms. The Kier molecular flexibility index (Phi) is 9.28. The van der Waals surface area contributed by atoms with Gasteiger partial charge in [0.15, 0.2) is 5.96 Å². The molecule has 1 unspecified atom stereocenters. The summed E-state index contributed by atoms with van der Waals surface area (Å²) in [4.78, 5) is 4.23. The Morgan fingerprint density at radius 1 is 1.19 bits per heavy atom. The van der Waals surface area contributed by atoms with Crippen molar-refractivity contribution in [3.8, 4) is 5.75 Å². The van der Waals surface area contributed by atoms with Crippen LogP contribution < -0.4 is 15.4 Å². The number of rotatable bonds is 10. The predicted octanol–water partition coefficient (Wildman–Crippen LogP) is 2.29. The maximum absolute atomic E-state index is 5.89. The van der Waals surface area contributed by atoms with E-state index >= 15 is 0 Å². The van der Waals surface area contributed by atoms with Crippen LogP contribution in [0.4, 0.5) is 0 Å². The van der Waals surface area contributed by atoms with E-state index in [1.54, 1.807) is 7.05 Å². The molecule has 146 valence electrons. The van der Waals surface area contributed by atoms with Gasteiger partial charge in [0, 0.05) is 32.7 Å². The highest BCUT2D eigenvalue weighted by molar-refractivity contribution is 5.79. The summed E-state index contributed by atoms with van der Waals surface area (Å²) in [6.45, 7) is 9.56. The Labute approximate surface area is 157 Å². The highest BCUT2D eigenvalue weighted by Crippen LogP contribution is 2.21. The van der Waals surface area contributed by atoms with E-state index in [0.29, 0.717) is 19.1 Å². The maximum Gasteiger partial charge on any atom is 0.191 e. The van der Waals surface area contributed by atoms with Crippen molar-refractivity contribution in [2.45, 2.75) is 26.7 Å². The average molecular weight is 364 g/mol. The zero-order chi connectivity index (χ0) is 18.6. The molecule has 0 radical (unpaired) electrons. The number of ether oxygens (including phenoxy) is 3. The van der Waals surface area contributed by atoms with E-state index in [1.165, 1.54) is 0 Å². The number of para-hydroxylation sites is 1. The number of nitrogens with one attached hydrogen (secondary N) is 2. The molecular weight excluding hydrogens is 330 g/mol. The monoisotopic (exact) mass is 363 g/mol. The van der Waals surface area contributed by atoms with Crippen LogP contribution in [-0.2, 0) is 9.47 Å². The molecule has 0 aromatic heterocycles. The highest BCUT2D eigenvalue weighted by atomic mass is 16.5. The first kappa shape index (κ1) is 20.5. The van der Waals surface area contributed by atoms with E-state index in [1.807, 2.05) is 6.07 Å². The van der Waals surface area contributed by atoms with Gasteiger partial charge in [-0.05, 0) is 37.8 Å². The van der Waals surface area contributed by atoms with E-state index in [0.717, 1.165) is 68.6 Å². The Bertz CT molecular complexity index is 537. The lowest BCUT2D eigenvalue weighted by molar-refractivity contribution is 0.0888. The number of hydrogen-bond donors (Lipinski definition) is 2. The molecule has 26 heavy (non-hydrogen) atoms. The third-order valence-electron chi connectivity index (χ3n) is 4.41. The van der Waals surface area contributed by atoms with Gasteiger partial charge in [-0.2, -0.15) is 0 Å². The van der Waals surface area contributed by atoms with E-state index in [2.05, 4.69) is 41.6 Å². The smallest absolute Gasteiger partial charge is 0.191 e. The zero-order valence-electron chi connectivity index (χ0n) is 16.3. The molecule has 2 rings (SSSR count). The van der Waals surface area contributed by atoms with Crippen molar-refractivity contribution in [2.24, 2.45) is 10.9 Å². The first-order valence-electron chi connectivity index (χ1n) is 9.49. The van der Waals surface area contributed by atoms with Crippen molar-refractivity contribution in [1.29, 1.82) is 0 Å². The lowest BCUT2D eigenvalue weighted by atomic mass is 10.1. The van der Waals surface area contributed by atoms with E-state index in [4.69, 9.17) is 14.2 Å². The van der Waals surface area contributed by atoms with Crippen LogP contribution in [0.3, 0.4) is 0 Å². The third kappa shape index (κ3) is 7.22. The van der Waals surface area contributed by atoms with Gasteiger partial charge in [0.05, 0.1) is 19.8 Å². The van der Waals surface area contributed by atoms with Gasteiger partial charge in [0.25, 0.3) is 0 Å². The number of benzene rings is 1. The summed E-state index contributed by atoms with van der Waals surface area (Å²) in [5, 5.41) is 6.57. The van der Waals surface area contributed by atoms with Gasteiger partial charge in [0.1, 0.15) is 12.4 Å². The summed E-state index contributed by atoms with van der Waals surface area (Å²) in [5.74, 6) is 2.34. The summed E-state index contributed by atoms with van der Waals surface area (Å²) in [7, 11) is 1.78. The summed E-state index contributed by atoms with van der Waals surface area (Å²) < 4.78 is 16.9. The largest absolute Gasteiger partial charge is 0.491 e. The zero-order valence-corrected chi connectivity index (χ0v) is 16.3. The Morgan fingerprint density at radius 2 is 1.96 bits per heavy atom. The second-order valence-corrected chi connectivity index (χ2v) is 6.65. The van der Waals surface area contributed by atoms with Crippen LogP contribution in [0, 0.1) is 19.8 Å².